The number of hydrogen-bond acceptors (Lipinski definition) is 6. The summed E-state index contributed by atoms with van der Waals surface area (Å²) in [5.74, 6) is 0.255. The lowest BCUT2D eigenvalue weighted by Gasteiger charge is -2.47. The van der Waals surface area contributed by atoms with Crippen molar-refractivity contribution in [2.45, 2.75) is 31.7 Å². The van der Waals surface area contributed by atoms with Gasteiger partial charge in [-0.1, -0.05) is 0 Å². The minimum Gasteiger partial charge on any atom is -0.481 e. The Bertz CT molecular complexity index is 1330. The summed E-state index contributed by atoms with van der Waals surface area (Å²) in [5, 5.41) is 13.9. The molecule has 7 rings (SSSR count). The number of aromatic nitrogens is 4. The zero-order chi connectivity index (χ0) is 22.5. The van der Waals surface area contributed by atoms with Gasteiger partial charge in [0.2, 0.25) is 0 Å². The summed E-state index contributed by atoms with van der Waals surface area (Å²) in [6.07, 6.45) is 8.37. The van der Waals surface area contributed by atoms with Gasteiger partial charge >= 0.3 is 5.97 Å². The van der Waals surface area contributed by atoms with E-state index < -0.39 is 17.7 Å². The van der Waals surface area contributed by atoms with Gasteiger partial charge in [-0.2, -0.15) is 0 Å². The molecule has 9 heteroatoms. The number of halogens is 1. The minimum absolute atomic E-state index is 0.179. The minimum atomic E-state index is -0.763. The lowest BCUT2D eigenvalue weighted by Crippen LogP contribution is -2.51. The third-order valence-corrected chi connectivity index (χ3v) is 7.06. The van der Waals surface area contributed by atoms with Crippen LogP contribution in [0.15, 0.2) is 47.3 Å². The van der Waals surface area contributed by atoms with Crippen LogP contribution in [-0.4, -0.2) is 37.1 Å². The van der Waals surface area contributed by atoms with Gasteiger partial charge in [0.25, 0.3) is 0 Å². The first-order valence-corrected chi connectivity index (χ1v) is 11.1. The summed E-state index contributed by atoms with van der Waals surface area (Å²) in [6.45, 7) is 0. The van der Waals surface area contributed by atoms with Crippen molar-refractivity contribution in [2.24, 2.45) is 17.8 Å². The Hall–Kier alpha value is -3.75. The fourth-order valence-electron chi connectivity index (χ4n) is 5.54. The van der Waals surface area contributed by atoms with Crippen LogP contribution in [0.2, 0.25) is 0 Å². The number of furan rings is 1. The lowest BCUT2D eigenvalue weighted by molar-refractivity contribution is -0.148. The van der Waals surface area contributed by atoms with Gasteiger partial charge in [0, 0.05) is 29.3 Å². The molecule has 0 spiro atoms. The van der Waals surface area contributed by atoms with Crippen molar-refractivity contribution >= 4 is 22.8 Å². The average Bonchev–Trinajstić information content (AvgIpc) is 3.49. The van der Waals surface area contributed by atoms with Crippen molar-refractivity contribution in [1.29, 1.82) is 0 Å². The van der Waals surface area contributed by atoms with E-state index >= 15 is 0 Å². The van der Waals surface area contributed by atoms with Crippen LogP contribution < -0.4 is 5.32 Å². The molecular weight excluding hydrogens is 425 g/mol. The van der Waals surface area contributed by atoms with E-state index in [-0.39, 0.29) is 17.9 Å². The molecule has 8 nitrogen and oxygen atoms in total. The zero-order valence-electron chi connectivity index (χ0n) is 17.7. The monoisotopic (exact) mass is 447 g/mol. The number of fused-ring (bicyclic) bond motifs is 4. The number of hydrogen-bond donors (Lipinski definition) is 3. The summed E-state index contributed by atoms with van der Waals surface area (Å²) in [4.78, 5) is 28.6. The van der Waals surface area contributed by atoms with Crippen LogP contribution in [0.3, 0.4) is 0 Å². The van der Waals surface area contributed by atoms with Gasteiger partial charge in [0.15, 0.2) is 11.6 Å². The molecule has 3 aliphatic carbocycles. The number of carbonyl (C=O) groups is 1. The van der Waals surface area contributed by atoms with Crippen molar-refractivity contribution in [3.8, 4) is 22.8 Å². The van der Waals surface area contributed by atoms with E-state index in [1.165, 1.54) is 6.07 Å². The van der Waals surface area contributed by atoms with E-state index in [9.17, 15) is 14.3 Å². The number of anilines is 1. The number of carboxylic acid groups (broad SMARTS) is 1. The molecule has 0 radical (unpaired) electrons. The molecule has 33 heavy (non-hydrogen) atoms. The molecule has 0 aromatic carbocycles. The number of nitrogens with zero attached hydrogens (tertiary/aromatic N) is 3. The molecule has 0 saturated heterocycles. The van der Waals surface area contributed by atoms with E-state index in [0.29, 0.717) is 39.7 Å². The van der Waals surface area contributed by atoms with Crippen molar-refractivity contribution in [1.82, 2.24) is 19.9 Å². The Morgan fingerprint density at radius 2 is 2.00 bits per heavy atom. The molecule has 4 aromatic heterocycles. The number of nitrogens with one attached hydrogen (secondary N) is 2. The van der Waals surface area contributed by atoms with Crippen LogP contribution in [-0.2, 0) is 4.79 Å². The van der Waals surface area contributed by atoms with Crippen LogP contribution in [0.5, 0.6) is 0 Å². The first-order chi connectivity index (χ1) is 16.1. The largest absolute Gasteiger partial charge is 0.481 e. The Balaban J connectivity index is 1.45. The molecule has 4 heterocycles. The molecule has 168 valence electrons. The fourth-order valence-corrected chi connectivity index (χ4v) is 5.54. The van der Waals surface area contributed by atoms with Gasteiger partial charge in [-0.15, -0.1) is 0 Å². The molecule has 4 aromatic rings. The third kappa shape index (κ3) is 3.44. The van der Waals surface area contributed by atoms with Gasteiger partial charge in [-0.3, -0.25) is 4.79 Å². The SMILES string of the molecule is O=C(O)[C@H]1C2CCC(CC2)[C@H]1Nc1cc(-c2ccco2)nc(-c2c[nH]c3ncc(F)cc23)n1. The number of aliphatic carboxylic acids is 1. The zero-order valence-corrected chi connectivity index (χ0v) is 17.7. The molecule has 0 aliphatic heterocycles. The Morgan fingerprint density at radius 3 is 2.76 bits per heavy atom. The quantitative estimate of drug-likeness (QED) is 0.405. The predicted molar refractivity (Wildman–Crippen MR) is 119 cm³/mol. The second kappa shape index (κ2) is 7.68. The lowest BCUT2D eigenvalue weighted by atomic mass is 9.61. The van der Waals surface area contributed by atoms with Crippen LogP contribution in [0, 0.1) is 23.6 Å². The summed E-state index contributed by atoms with van der Waals surface area (Å²) in [7, 11) is 0. The number of carboxylic acids is 1. The van der Waals surface area contributed by atoms with E-state index in [1.54, 1.807) is 30.7 Å². The summed E-state index contributed by atoms with van der Waals surface area (Å²) >= 11 is 0. The number of rotatable bonds is 5. The topological polar surface area (TPSA) is 117 Å². The van der Waals surface area contributed by atoms with Gasteiger partial charge in [0.1, 0.15) is 23.0 Å². The first kappa shape index (κ1) is 19.9. The number of pyridine rings is 1. The maximum absolute atomic E-state index is 13.9. The van der Waals surface area contributed by atoms with Crippen LogP contribution in [0.1, 0.15) is 25.7 Å². The average molecular weight is 447 g/mol. The van der Waals surface area contributed by atoms with Gasteiger partial charge in [0.05, 0.1) is 18.4 Å². The maximum atomic E-state index is 13.9. The highest BCUT2D eigenvalue weighted by atomic mass is 19.1. The number of H-pyrrole nitrogens is 1. The summed E-state index contributed by atoms with van der Waals surface area (Å²) < 4.78 is 19.5. The van der Waals surface area contributed by atoms with E-state index in [4.69, 9.17) is 9.40 Å². The molecule has 3 fully saturated rings. The van der Waals surface area contributed by atoms with E-state index in [0.717, 1.165) is 31.9 Å². The molecule has 2 bridgehead atoms. The standard InChI is InChI=1S/C24H22FN5O3/c25-14-8-15-16(11-27-22(15)26-10-14)23-28-17(18-2-1-7-33-18)9-19(30-23)29-21-13-5-3-12(4-6-13)20(21)24(31)32/h1-2,7-13,20-21H,3-6H2,(H,26,27)(H,31,32)(H,28,29,30)/t12?,13?,20-,21+/m0/s1. The van der Waals surface area contributed by atoms with Crippen LogP contribution in [0.4, 0.5) is 10.2 Å². The second-order valence-electron chi connectivity index (χ2n) is 8.90. The van der Waals surface area contributed by atoms with Crippen molar-refractivity contribution in [2.75, 3.05) is 5.32 Å². The normalized spacial score (nSPS) is 24.3. The molecule has 0 amide bonds. The third-order valence-electron chi connectivity index (χ3n) is 7.06. The van der Waals surface area contributed by atoms with E-state index in [2.05, 4.69) is 20.3 Å². The van der Waals surface area contributed by atoms with Gasteiger partial charge in [-0.25, -0.2) is 19.3 Å². The molecule has 3 N–H and O–H groups in total. The number of aromatic amines is 1. The Kier molecular flexibility index (Phi) is 4.63. The molecule has 2 atom stereocenters. The first-order valence-electron chi connectivity index (χ1n) is 11.1. The highest BCUT2D eigenvalue weighted by Crippen LogP contribution is 2.46. The Labute approximate surface area is 188 Å². The highest BCUT2D eigenvalue weighted by molar-refractivity contribution is 5.92. The molecular formula is C24H22FN5O3. The Morgan fingerprint density at radius 1 is 1.18 bits per heavy atom. The van der Waals surface area contributed by atoms with Gasteiger partial charge in [-0.05, 0) is 55.7 Å². The fraction of sp³-hybridized carbons (Fsp3) is 0.333. The smallest absolute Gasteiger partial charge is 0.308 e. The van der Waals surface area contributed by atoms with Crippen molar-refractivity contribution < 1.29 is 18.7 Å². The maximum Gasteiger partial charge on any atom is 0.308 e. The molecule has 3 aliphatic rings. The molecule has 3 saturated carbocycles. The summed E-state index contributed by atoms with van der Waals surface area (Å²) in [6, 6.07) is 6.54. The summed E-state index contributed by atoms with van der Waals surface area (Å²) in [5.41, 5.74) is 1.69. The molecule has 0 unspecified atom stereocenters. The van der Waals surface area contributed by atoms with E-state index in [1.807, 2.05) is 0 Å². The highest BCUT2D eigenvalue weighted by Gasteiger charge is 2.47. The second-order valence-corrected chi connectivity index (χ2v) is 8.90. The van der Waals surface area contributed by atoms with Crippen molar-refractivity contribution in [3.05, 3.63) is 48.7 Å². The van der Waals surface area contributed by atoms with Gasteiger partial charge < -0.3 is 19.8 Å². The van der Waals surface area contributed by atoms with Crippen molar-refractivity contribution in [3.63, 3.8) is 0 Å². The van der Waals surface area contributed by atoms with Crippen LogP contribution in [0.25, 0.3) is 33.9 Å². The van der Waals surface area contributed by atoms with Crippen LogP contribution >= 0.6 is 0 Å². The predicted octanol–water partition coefficient (Wildman–Crippen LogP) is 4.72.